The molecule has 112 valence electrons. The zero-order valence-corrected chi connectivity index (χ0v) is 14.5. The average Bonchev–Trinajstić information content (AvgIpc) is 2.32. The standard InChI is InChI=1S/C14H18FIN2O.ClH/c1-14(2)8-18(6-5-12(14)17)13(19)10-4-3-9(15)7-11(10)16;/h3-4,7,12H,5-6,8,17H2,1-2H3;1H. The van der Waals surface area contributed by atoms with Crippen molar-refractivity contribution in [3.05, 3.63) is 33.1 Å². The first kappa shape index (κ1) is 17.7. The summed E-state index contributed by atoms with van der Waals surface area (Å²) in [6, 6.07) is 4.38. The first-order chi connectivity index (χ1) is 8.81. The van der Waals surface area contributed by atoms with Crippen molar-refractivity contribution in [2.45, 2.75) is 26.3 Å². The maximum absolute atomic E-state index is 13.1. The maximum Gasteiger partial charge on any atom is 0.254 e. The van der Waals surface area contributed by atoms with Crippen LogP contribution in [0, 0.1) is 14.8 Å². The molecule has 1 atom stereocenters. The van der Waals surface area contributed by atoms with Crippen molar-refractivity contribution in [1.29, 1.82) is 0 Å². The lowest BCUT2D eigenvalue weighted by molar-refractivity contribution is 0.0532. The van der Waals surface area contributed by atoms with Gasteiger partial charge in [0.05, 0.1) is 5.56 Å². The minimum absolute atomic E-state index is 0. The number of piperidine rings is 1. The zero-order valence-electron chi connectivity index (χ0n) is 11.5. The van der Waals surface area contributed by atoms with E-state index in [1.165, 1.54) is 12.1 Å². The normalized spacial score (nSPS) is 21.2. The molecule has 2 N–H and O–H groups in total. The van der Waals surface area contributed by atoms with Crippen LogP contribution in [0.1, 0.15) is 30.6 Å². The molecule has 6 heteroatoms. The van der Waals surface area contributed by atoms with E-state index >= 15 is 0 Å². The minimum Gasteiger partial charge on any atom is -0.338 e. The molecule has 1 aromatic carbocycles. The third-order valence-corrected chi connectivity index (χ3v) is 4.65. The summed E-state index contributed by atoms with van der Waals surface area (Å²) >= 11 is 2.00. The molecule has 0 bridgehead atoms. The van der Waals surface area contributed by atoms with Crippen LogP contribution in [0.3, 0.4) is 0 Å². The van der Waals surface area contributed by atoms with E-state index in [-0.39, 0.29) is 35.6 Å². The lowest BCUT2D eigenvalue weighted by atomic mass is 9.79. The van der Waals surface area contributed by atoms with Gasteiger partial charge in [-0.15, -0.1) is 12.4 Å². The Morgan fingerprint density at radius 3 is 2.70 bits per heavy atom. The summed E-state index contributed by atoms with van der Waals surface area (Å²) in [5, 5.41) is 0. The minimum atomic E-state index is -0.318. The van der Waals surface area contributed by atoms with Crippen molar-refractivity contribution in [2.75, 3.05) is 13.1 Å². The second-order valence-electron chi connectivity index (χ2n) is 5.73. The quantitative estimate of drug-likeness (QED) is 0.721. The van der Waals surface area contributed by atoms with Crippen molar-refractivity contribution in [1.82, 2.24) is 4.90 Å². The molecule has 1 aliphatic rings. The molecule has 0 spiro atoms. The van der Waals surface area contributed by atoms with Gasteiger partial charge in [0.1, 0.15) is 5.82 Å². The van der Waals surface area contributed by atoms with E-state index in [0.717, 1.165) is 6.42 Å². The first-order valence-corrected chi connectivity index (χ1v) is 7.39. The van der Waals surface area contributed by atoms with Crippen LogP contribution in [-0.4, -0.2) is 29.9 Å². The van der Waals surface area contributed by atoms with Gasteiger partial charge in [-0.2, -0.15) is 0 Å². The van der Waals surface area contributed by atoms with Gasteiger partial charge >= 0.3 is 0 Å². The van der Waals surface area contributed by atoms with E-state index in [0.29, 0.717) is 22.2 Å². The Morgan fingerprint density at radius 1 is 1.50 bits per heavy atom. The molecule has 2 rings (SSSR count). The monoisotopic (exact) mass is 412 g/mol. The number of amides is 1. The third kappa shape index (κ3) is 3.62. The average molecular weight is 413 g/mol. The molecule has 3 nitrogen and oxygen atoms in total. The van der Waals surface area contributed by atoms with Gasteiger partial charge in [-0.05, 0) is 52.6 Å². The van der Waals surface area contributed by atoms with E-state index in [4.69, 9.17) is 5.73 Å². The van der Waals surface area contributed by atoms with Crippen LogP contribution >= 0.6 is 35.0 Å². The molecular weight excluding hydrogens is 394 g/mol. The molecule has 0 aromatic heterocycles. The molecule has 20 heavy (non-hydrogen) atoms. The lowest BCUT2D eigenvalue weighted by Gasteiger charge is -2.42. The second kappa shape index (κ2) is 6.58. The number of rotatable bonds is 1. The largest absolute Gasteiger partial charge is 0.338 e. The summed E-state index contributed by atoms with van der Waals surface area (Å²) < 4.78 is 13.7. The van der Waals surface area contributed by atoms with E-state index in [1.807, 2.05) is 27.5 Å². The zero-order chi connectivity index (χ0) is 14.2. The number of carbonyl (C=O) groups is 1. The molecular formula is C14H19ClFIN2O. The van der Waals surface area contributed by atoms with Gasteiger partial charge in [-0.1, -0.05) is 13.8 Å². The number of hydrogen-bond acceptors (Lipinski definition) is 2. The van der Waals surface area contributed by atoms with Crippen LogP contribution in [0.5, 0.6) is 0 Å². The number of nitrogens with zero attached hydrogens (tertiary/aromatic N) is 1. The smallest absolute Gasteiger partial charge is 0.254 e. The molecule has 1 aliphatic heterocycles. The van der Waals surface area contributed by atoms with E-state index in [9.17, 15) is 9.18 Å². The van der Waals surface area contributed by atoms with Gasteiger partial charge in [0.2, 0.25) is 0 Å². The van der Waals surface area contributed by atoms with Gasteiger partial charge in [-0.25, -0.2) is 4.39 Å². The van der Waals surface area contributed by atoms with Gasteiger partial charge in [0.15, 0.2) is 0 Å². The van der Waals surface area contributed by atoms with Gasteiger partial charge < -0.3 is 10.6 Å². The Balaban J connectivity index is 0.00000200. The van der Waals surface area contributed by atoms with Crippen LogP contribution < -0.4 is 5.73 Å². The topological polar surface area (TPSA) is 46.3 Å². The highest BCUT2D eigenvalue weighted by molar-refractivity contribution is 14.1. The Kier molecular flexibility index (Phi) is 5.80. The lowest BCUT2D eigenvalue weighted by Crippen LogP contribution is -2.54. The Hall–Kier alpha value is -0.400. The SMILES string of the molecule is CC1(C)CN(C(=O)c2ccc(F)cc2I)CCC1N.Cl. The van der Waals surface area contributed by atoms with Gasteiger partial charge in [-0.3, -0.25) is 4.79 Å². The summed E-state index contributed by atoms with van der Waals surface area (Å²) in [6.07, 6.45) is 0.802. The number of nitrogens with two attached hydrogens (primary N) is 1. The second-order valence-corrected chi connectivity index (χ2v) is 6.90. The number of halogens is 3. The molecule has 0 aliphatic carbocycles. The van der Waals surface area contributed by atoms with Crippen molar-refractivity contribution < 1.29 is 9.18 Å². The number of carbonyl (C=O) groups excluding carboxylic acids is 1. The molecule has 1 fully saturated rings. The summed E-state index contributed by atoms with van der Waals surface area (Å²) in [4.78, 5) is 14.3. The van der Waals surface area contributed by atoms with Crippen molar-refractivity contribution >= 4 is 40.9 Å². The van der Waals surface area contributed by atoms with Crippen LogP contribution in [0.25, 0.3) is 0 Å². The molecule has 1 amide bonds. The predicted molar refractivity (Wildman–Crippen MR) is 88.6 cm³/mol. The number of hydrogen-bond donors (Lipinski definition) is 1. The third-order valence-electron chi connectivity index (χ3n) is 3.76. The maximum atomic E-state index is 13.1. The Morgan fingerprint density at radius 2 is 2.15 bits per heavy atom. The first-order valence-electron chi connectivity index (χ1n) is 6.31. The molecule has 0 saturated carbocycles. The van der Waals surface area contributed by atoms with Crippen LogP contribution in [-0.2, 0) is 0 Å². The van der Waals surface area contributed by atoms with Crippen molar-refractivity contribution in [3.63, 3.8) is 0 Å². The fraction of sp³-hybridized carbons (Fsp3) is 0.500. The van der Waals surface area contributed by atoms with Crippen LogP contribution in [0.4, 0.5) is 4.39 Å². The highest BCUT2D eigenvalue weighted by Crippen LogP contribution is 2.29. The highest BCUT2D eigenvalue weighted by atomic mass is 127. The summed E-state index contributed by atoms with van der Waals surface area (Å²) in [5.74, 6) is -0.355. The summed E-state index contributed by atoms with van der Waals surface area (Å²) in [5.41, 5.74) is 6.55. The molecule has 0 radical (unpaired) electrons. The van der Waals surface area contributed by atoms with Crippen LogP contribution in [0.15, 0.2) is 18.2 Å². The Bertz CT molecular complexity index is 510. The summed E-state index contributed by atoms with van der Waals surface area (Å²) in [7, 11) is 0. The van der Waals surface area contributed by atoms with Crippen LogP contribution in [0.2, 0.25) is 0 Å². The highest BCUT2D eigenvalue weighted by Gasteiger charge is 2.35. The van der Waals surface area contributed by atoms with Crippen molar-refractivity contribution in [3.8, 4) is 0 Å². The fourth-order valence-electron chi connectivity index (χ4n) is 2.38. The molecule has 1 aromatic rings. The van der Waals surface area contributed by atoms with E-state index in [2.05, 4.69) is 13.8 Å². The molecule has 1 saturated heterocycles. The van der Waals surface area contributed by atoms with Crippen molar-refractivity contribution in [2.24, 2.45) is 11.1 Å². The van der Waals surface area contributed by atoms with Gasteiger partial charge in [0, 0.05) is 22.7 Å². The molecule has 1 heterocycles. The number of likely N-dealkylation sites (tertiary alicyclic amines) is 1. The summed E-state index contributed by atoms with van der Waals surface area (Å²) in [6.45, 7) is 5.46. The van der Waals surface area contributed by atoms with Gasteiger partial charge in [0.25, 0.3) is 5.91 Å². The molecule has 1 unspecified atom stereocenters. The van der Waals surface area contributed by atoms with E-state index in [1.54, 1.807) is 6.07 Å². The predicted octanol–water partition coefficient (Wildman–Crippen LogP) is 3.05. The fourth-order valence-corrected chi connectivity index (χ4v) is 3.09. The number of benzene rings is 1. The Labute approximate surface area is 138 Å². The van der Waals surface area contributed by atoms with E-state index < -0.39 is 0 Å².